The van der Waals surface area contributed by atoms with Gasteiger partial charge in [-0.2, -0.15) is 0 Å². The molecule has 0 aliphatic carbocycles. The molecule has 0 aromatic carbocycles. The molecular formula is C13H24N2O5. The summed E-state index contributed by atoms with van der Waals surface area (Å²) in [6, 6.07) is -1.77. The second-order valence-electron chi connectivity index (χ2n) is 5.88. The fourth-order valence-corrected chi connectivity index (χ4v) is 1.33. The van der Waals surface area contributed by atoms with Gasteiger partial charge < -0.3 is 20.8 Å². The maximum absolute atomic E-state index is 11.7. The number of aliphatic carboxylic acids is 2. The van der Waals surface area contributed by atoms with Crippen LogP contribution in [0, 0.1) is 5.41 Å². The average molecular weight is 288 g/mol. The van der Waals surface area contributed by atoms with Gasteiger partial charge in [0, 0.05) is 12.5 Å². The summed E-state index contributed by atoms with van der Waals surface area (Å²) in [5, 5.41) is 22.5. The van der Waals surface area contributed by atoms with Gasteiger partial charge in [0.25, 0.3) is 0 Å². The highest BCUT2D eigenvalue weighted by molar-refractivity contribution is 5.82. The van der Waals surface area contributed by atoms with Crippen LogP contribution in [0.3, 0.4) is 0 Å². The van der Waals surface area contributed by atoms with E-state index in [1.54, 1.807) is 0 Å². The number of nitrogens with one attached hydrogen (secondary N) is 2. The Hall–Kier alpha value is -1.79. The molecule has 1 unspecified atom stereocenters. The van der Waals surface area contributed by atoms with E-state index in [2.05, 4.69) is 10.6 Å². The first kappa shape index (κ1) is 18.2. The Morgan fingerprint density at radius 1 is 1.10 bits per heavy atom. The first-order chi connectivity index (χ1) is 9.04. The van der Waals surface area contributed by atoms with Crippen LogP contribution in [-0.2, 0) is 9.59 Å². The van der Waals surface area contributed by atoms with Gasteiger partial charge in [0.2, 0.25) is 0 Å². The van der Waals surface area contributed by atoms with Crippen molar-refractivity contribution in [3.05, 3.63) is 0 Å². The Balaban J connectivity index is 4.34. The van der Waals surface area contributed by atoms with Gasteiger partial charge in [-0.1, -0.05) is 20.8 Å². The molecule has 0 radical (unpaired) electrons. The summed E-state index contributed by atoms with van der Waals surface area (Å²) < 4.78 is 0. The molecule has 0 fully saturated rings. The zero-order valence-corrected chi connectivity index (χ0v) is 12.4. The molecule has 0 aliphatic rings. The number of carboxylic acids is 2. The van der Waals surface area contributed by atoms with E-state index in [1.165, 1.54) is 0 Å². The van der Waals surface area contributed by atoms with Crippen LogP contribution in [0.25, 0.3) is 0 Å². The normalized spacial score (nSPS) is 14.2. The van der Waals surface area contributed by atoms with Crippen LogP contribution in [0.4, 0.5) is 4.79 Å². The number of amides is 2. The Labute approximate surface area is 118 Å². The topological polar surface area (TPSA) is 116 Å². The van der Waals surface area contributed by atoms with Gasteiger partial charge in [-0.25, -0.2) is 9.59 Å². The standard InChI is InChI=1S/C13H24N2O5/c1-8(13(2,3)4)14-12(20)15-9(11(18)19)6-5-7-10(16)17/h8-9H,5-7H2,1-4H3,(H,16,17)(H,18,19)(H2,14,15,20)/t8?,9-/m1/s1. The van der Waals surface area contributed by atoms with Gasteiger partial charge in [-0.3, -0.25) is 4.79 Å². The number of rotatable bonds is 7. The first-order valence-corrected chi connectivity index (χ1v) is 6.55. The van der Waals surface area contributed by atoms with Gasteiger partial charge in [0.1, 0.15) is 6.04 Å². The first-order valence-electron chi connectivity index (χ1n) is 6.55. The third kappa shape index (κ3) is 7.60. The monoisotopic (exact) mass is 288 g/mol. The van der Waals surface area contributed by atoms with Crippen LogP contribution < -0.4 is 10.6 Å². The van der Waals surface area contributed by atoms with Crippen molar-refractivity contribution < 1.29 is 24.6 Å². The lowest BCUT2D eigenvalue weighted by Gasteiger charge is -2.28. The van der Waals surface area contributed by atoms with Crippen LogP contribution in [0.1, 0.15) is 47.0 Å². The highest BCUT2D eigenvalue weighted by Gasteiger charge is 2.24. The van der Waals surface area contributed by atoms with Crippen LogP contribution in [0.5, 0.6) is 0 Å². The highest BCUT2D eigenvalue weighted by atomic mass is 16.4. The predicted octanol–water partition coefficient (Wildman–Crippen LogP) is 1.43. The van der Waals surface area contributed by atoms with Crippen molar-refractivity contribution in [1.29, 1.82) is 0 Å². The maximum atomic E-state index is 11.7. The lowest BCUT2D eigenvalue weighted by Crippen LogP contribution is -2.51. The fraction of sp³-hybridized carbons (Fsp3) is 0.769. The summed E-state index contributed by atoms with van der Waals surface area (Å²) in [6.45, 7) is 7.71. The van der Waals surface area contributed by atoms with E-state index in [-0.39, 0.29) is 30.7 Å². The molecule has 7 heteroatoms. The van der Waals surface area contributed by atoms with Gasteiger partial charge in [-0.05, 0) is 25.2 Å². The molecule has 4 N–H and O–H groups in total. The van der Waals surface area contributed by atoms with Gasteiger partial charge in [0.15, 0.2) is 0 Å². The quantitative estimate of drug-likeness (QED) is 0.565. The third-order valence-electron chi connectivity index (χ3n) is 3.13. The number of carbonyl (C=O) groups excluding carboxylic acids is 1. The van der Waals surface area contributed by atoms with Gasteiger partial charge >= 0.3 is 18.0 Å². The van der Waals surface area contributed by atoms with E-state index >= 15 is 0 Å². The number of hydrogen-bond acceptors (Lipinski definition) is 3. The summed E-state index contributed by atoms with van der Waals surface area (Å²) in [4.78, 5) is 33.1. The minimum atomic E-state index is -1.17. The molecule has 2 atom stereocenters. The Morgan fingerprint density at radius 3 is 2.05 bits per heavy atom. The fourth-order valence-electron chi connectivity index (χ4n) is 1.33. The molecule has 7 nitrogen and oxygen atoms in total. The molecule has 0 spiro atoms. The molecular weight excluding hydrogens is 264 g/mol. The molecule has 0 saturated carbocycles. The summed E-state index contributed by atoms with van der Waals surface area (Å²) in [5.74, 6) is -2.16. The van der Waals surface area contributed by atoms with E-state index < -0.39 is 24.0 Å². The molecule has 0 aromatic heterocycles. The van der Waals surface area contributed by atoms with Gasteiger partial charge in [-0.15, -0.1) is 0 Å². The van der Waals surface area contributed by atoms with Crippen molar-refractivity contribution in [1.82, 2.24) is 10.6 Å². The predicted molar refractivity (Wildman–Crippen MR) is 73.5 cm³/mol. The molecule has 2 amide bonds. The molecule has 0 bridgehead atoms. The number of carboxylic acid groups (broad SMARTS) is 2. The van der Waals surface area contributed by atoms with Gasteiger partial charge in [0.05, 0.1) is 0 Å². The van der Waals surface area contributed by atoms with Crippen molar-refractivity contribution >= 4 is 18.0 Å². The minimum absolute atomic E-state index is 0.0823. The van der Waals surface area contributed by atoms with E-state index in [9.17, 15) is 14.4 Å². The van der Waals surface area contributed by atoms with E-state index in [1.807, 2.05) is 27.7 Å². The second kappa shape index (κ2) is 7.72. The summed E-state index contributed by atoms with van der Waals surface area (Å²) in [5.41, 5.74) is -0.140. The third-order valence-corrected chi connectivity index (χ3v) is 3.13. The Morgan fingerprint density at radius 2 is 1.65 bits per heavy atom. The lowest BCUT2D eigenvalue weighted by atomic mass is 9.88. The summed E-state index contributed by atoms with van der Waals surface area (Å²) in [6.07, 6.45) is 0.159. The van der Waals surface area contributed by atoms with Crippen LogP contribution in [0.2, 0.25) is 0 Å². The van der Waals surface area contributed by atoms with Crippen molar-refractivity contribution in [3.8, 4) is 0 Å². The maximum Gasteiger partial charge on any atom is 0.326 e. The van der Waals surface area contributed by atoms with Crippen molar-refractivity contribution in [2.45, 2.75) is 59.0 Å². The largest absolute Gasteiger partial charge is 0.481 e. The Bertz CT molecular complexity index is 362. The molecule has 0 rings (SSSR count). The van der Waals surface area contributed by atoms with Crippen molar-refractivity contribution in [3.63, 3.8) is 0 Å². The molecule has 0 heterocycles. The lowest BCUT2D eigenvalue weighted by molar-refractivity contribution is -0.140. The number of hydrogen-bond donors (Lipinski definition) is 4. The second-order valence-corrected chi connectivity index (χ2v) is 5.88. The highest BCUT2D eigenvalue weighted by Crippen LogP contribution is 2.18. The molecule has 0 aromatic rings. The minimum Gasteiger partial charge on any atom is -0.481 e. The number of carbonyl (C=O) groups is 3. The summed E-state index contributed by atoms with van der Waals surface area (Å²) in [7, 11) is 0. The van der Waals surface area contributed by atoms with E-state index in [4.69, 9.17) is 10.2 Å². The van der Waals surface area contributed by atoms with E-state index in [0.29, 0.717) is 0 Å². The zero-order valence-electron chi connectivity index (χ0n) is 12.4. The van der Waals surface area contributed by atoms with Crippen molar-refractivity contribution in [2.24, 2.45) is 5.41 Å². The summed E-state index contributed by atoms with van der Waals surface area (Å²) >= 11 is 0. The molecule has 0 saturated heterocycles. The molecule has 0 aliphatic heterocycles. The van der Waals surface area contributed by atoms with Crippen LogP contribution in [-0.4, -0.2) is 40.3 Å². The zero-order chi connectivity index (χ0) is 15.9. The van der Waals surface area contributed by atoms with Crippen LogP contribution in [0.15, 0.2) is 0 Å². The SMILES string of the molecule is CC(NC(=O)N[C@H](CCCC(=O)O)C(=O)O)C(C)(C)C. The molecule has 116 valence electrons. The Kier molecular flexibility index (Phi) is 7.02. The van der Waals surface area contributed by atoms with E-state index in [0.717, 1.165) is 0 Å². The average Bonchev–Trinajstić information content (AvgIpc) is 2.25. The number of urea groups is 1. The molecule has 20 heavy (non-hydrogen) atoms. The van der Waals surface area contributed by atoms with Crippen molar-refractivity contribution in [2.75, 3.05) is 0 Å². The van der Waals surface area contributed by atoms with Crippen LogP contribution >= 0.6 is 0 Å². The smallest absolute Gasteiger partial charge is 0.326 e.